The van der Waals surface area contributed by atoms with E-state index < -0.39 is 12.0 Å². The van der Waals surface area contributed by atoms with Crippen LogP contribution in [-0.2, 0) is 4.79 Å². The number of nitrogens with one attached hydrogen (secondary N) is 2. The molecule has 68 valence electrons. The molecule has 0 aliphatic carbocycles. The van der Waals surface area contributed by atoms with Crippen molar-refractivity contribution in [2.75, 3.05) is 6.26 Å². The Kier molecular flexibility index (Phi) is 3.30. The van der Waals surface area contributed by atoms with E-state index in [-0.39, 0.29) is 5.50 Å². The van der Waals surface area contributed by atoms with Gasteiger partial charge in [0.25, 0.3) is 0 Å². The Balaban J connectivity index is 2.56. The third-order valence-electron chi connectivity index (χ3n) is 1.57. The van der Waals surface area contributed by atoms with Gasteiger partial charge in [-0.05, 0) is 6.26 Å². The average molecular weight is 206 g/mol. The van der Waals surface area contributed by atoms with Gasteiger partial charge in [0.1, 0.15) is 11.5 Å². The summed E-state index contributed by atoms with van der Waals surface area (Å²) in [6.45, 7) is 0. The van der Waals surface area contributed by atoms with Gasteiger partial charge in [-0.15, -0.1) is 11.8 Å². The van der Waals surface area contributed by atoms with E-state index in [0.717, 1.165) is 0 Å². The minimum absolute atomic E-state index is 0.0765. The minimum Gasteiger partial charge on any atom is -0.480 e. The van der Waals surface area contributed by atoms with Crippen LogP contribution < -0.4 is 10.6 Å². The summed E-state index contributed by atoms with van der Waals surface area (Å²) < 4.78 is 0. The normalized spacial score (nSPS) is 29.6. The lowest BCUT2D eigenvalue weighted by molar-refractivity contribution is -0.139. The van der Waals surface area contributed by atoms with Crippen molar-refractivity contribution in [1.82, 2.24) is 10.6 Å². The molecule has 2 unspecified atom stereocenters. The zero-order valence-corrected chi connectivity index (χ0v) is 8.17. The van der Waals surface area contributed by atoms with Crippen molar-refractivity contribution >= 4 is 34.9 Å². The Bertz CT molecular complexity index is 210. The first-order valence-electron chi connectivity index (χ1n) is 3.44. The largest absolute Gasteiger partial charge is 0.480 e. The Morgan fingerprint density at radius 1 is 1.83 bits per heavy atom. The zero-order valence-electron chi connectivity index (χ0n) is 6.53. The molecule has 6 heteroatoms. The third kappa shape index (κ3) is 2.33. The molecule has 1 saturated heterocycles. The number of aliphatic carboxylic acids is 1. The molecule has 1 rings (SSSR count). The maximum atomic E-state index is 10.6. The van der Waals surface area contributed by atoms with Gasteiger partial charge in [0.15, 0.2) is 0 Å². The van der Waals surface area contributed by atoms with Gasteiger partial charge < -0.3 is 10.4 Å². The highest BCUT2D eigenvalue weighted by molar-refractivity contribution is 7.99. The predicted octanol–water partition coefficient (Wildman–Crippen LogP) is -0.00350. The number of carbonyl (C=O) groups is 1. The van der Waals surface area contributed by atoms with E-state index in [1.54, 1.807) is 0 Å². The van der Waals surface area contributed by atoms with Gasteiger partial charge in [-0.1, -0.05) is 12.2 Å². The lowest BCUT2D eigenvalue weighted by atomic mass is 10.2. The molecule has 0 aromatic carbocycles. The van der Waals surface area contributed by atoms with Crippen molar-refractivity contribution in [2.24, 2.45) is 0 Å². The molecule has 4 nitrogen and oxygen atoms in total. The predicted molar refractivity (Wildman–Crippen MR) is 52.2 cm³/mol. The van der Waals surface area contributed by atoms with Gasteiger partial charge in [-0.25, -0.2) is 0 Å². The van der Waals surface area contributed by atoms with E-state index in [9.17, 15) is 4.79 Å². The third-order valence-corrected chi connectivity index (χ3v) is 2.58. The number of hydrogen-bond acceptors (Lipinski definition) is 4. The van der Waals surface area contributed by atoms with Crippen LogP contribution in [0.5, 0.6) is 0 Å². The van der Waals surface area contributed by atoms with Gasteiger partial charge in [-0.3, -0.25) is 10.1 Å². The fourth-order valence-corrected chi connectivity index (χ4v) is 1.88. The van der Waals surface area contributed by atoms with Crippen molar-refractivity contribution in [3.05, 3.63) is 0 Å². The van der Waals surface area contributed by atoms with Gasteiger partial charge in [0.05, 0.1) is 4.99 Å². The molecule has 0 amide bonds. The summed E-state index contributed by atoms with van der Waals surface area (Å²) >= 11 is 6.42. The van der Waals surface area contributed by atoms with Crippen LogP contribution >= 0.6 is 24.0 Å². The SMILES string of the molecule is CSC1NC(=S)CC(C(=O)O)N1. The number of carboxylic acid groups (broad SMARTS) is 1. The highest BCUT2D eigenvalue weighted by Gasteiger charge is 2.27. The molecule has 3 N–H and O–H groups in total. The Morgan fingerprint density at radius 2 is 2.50 bits per heavy atom. The number of hydrogen-bond donors (Lipinski definition) is 3. The number of thioether (sulfide) groups is 1. The molecule has 1 fully saturated rings. The lowest BCUT2D eigenvalue weighted by Crippen LogP contribution is -2.56. The van der Waals surface area contributed by atoms with Crippen LogP contribution in [0, 0.1) is 0 Å². The molecule has 1 aliphatic rings. The first kappa shape index (κ1) is 9.76. The van der Waals surface area contributed by atoms with Crippen LogP contribution in [0.1, 0.15) is 6.42 Å². The summed E-state index contributed by atoms with van der Waals surface area (Å²) in [5.41, 5.74) is -0.0765. The van der Waals surface area contributed by atoms with Crippen LogP contribution in [0.25, 0.3) is 0 Å². The van der Waals surface area contributed by atoms with Gasteiger partial charge >= 0.3 is 5.97 Å². The van der Waals surface area contributed by atoms with Crippen molar-refractivity contribution in [3.63, 3.8) is 0 Å². The highest BCUT2D eigenvalue weighted by Crippen LogP contribution is 2.09. The van der Waals surface area contributed by atoms with E-state index in [1.807, 2.05) is 6.26 Å². The highest BCUT2D eigenvalue weighted by atomic mass is 32.2. The second kappa shape index (κ2) is 4.06. The summed E-state index contributed by atoms with van der Waals surface area (Å²) in [6.07, 6.45) is 2.26. The topological polar surface area (TPSA) is 61.4 Å². The van der Waals surface area contributed by atoms with Crippen molar-refractivity contribution in [2.45, 2.75) is 18.0 Å². The molecular weight excluding hydrogens is 196 g/mol. The smallest absolute Gasteiger partial charge is 0.321 e. The van der Waals surface area contributed by atoms with E-state index in [0.29, 0.717) is 11.4 Å². The second-order valence-corrected chi connectivity index (χ2v) is 3.88. The molecule has 0 bridgehead atoms. The molecule has 0 radical (unpaired) electrons. The van der Waals surface area contributed by atoms with Crippen molar-refractivity contribution < 1.29 is 9.90 Å². The van der Waals surface area contributed by atoms with Crippen molar-refractivity contribution in [3.8, 4) is 0 Å². The van der Waals surface area contributed by atoms with Crippen LogP contribution in [0.3, 0.4) is 0 Å². The van der Waals surface area contributed by atoms with Crippen LogP contribution in [0.4, 0.5) is 0 Å². The Hall–Kier alpha value is -0.330. The second-order valence-electron chi connectivity index (χ2n) is 2.44. The maximum absolute atomic E-state index is 10.6. The summed E-state index contributed by atoms with van der Waals surface area (Å²) in [6, 6.07) is -0.545. The monoisotopic (exact) mass is 206 g/mol. The zero-order chi connectivity index (χ0) is 9.14. The van der Waals surface area contributed by atoms with Gasteiger partial charge in [0, 0.05) is 6.42 Å². The van der Waals surface area contributed by atoms with E-state index >= 15 is 0 Å². The van der Waals surface area contributed by atoms with Gasteiger partial charge in [0.2, 0.25) is 0 Å². The first-order chi connectivity index (χ1) is 5.63. The fraction of sp³-hybridized carbons (Fsp3) is 0.667. The first-order valence-corrected chi connectivity index (χ1v) is 5.14. The molecule has 0 spiro atoms. The van der Waals surface area contributed by atoms with E-state index in [1.165, 1.54) is 11.8 Å². The maximum Gasteiger partial charge on any atom is 0.321 e. The Morgan fingerprint density at radius 3 is 3.00 bits per heavy atom. The van der Waals surface area contributed by atoms with Crippen molar-refractivity contribution in [1.29, 1.82) is 0 Å². The minimum atomic E-state index is -0.849. The molecule has 0 aromatic rings. The van der Waals surface area contributed by atoms with Crippen LogP contribution in [-0.4, -0.2) is 33.9 Å². The van der Waals surface area contributed by atoms with Gasteiger partial charge in [-0.2, -0.15) is 0 Å². The van der Waals surface area contributed by atoms with E-state index in [2.05, 4.69) is 10.6 Å². The molecule has 1 aliphatic heterocycles. The number of rotatable bonds is 2. The standard InChI is InChI=1S/C6H10N2O2S2/c1-12-6-7-3(5(9)10)2-4(11)8-6/h3,6-7H,2H2,1H3,(H,8,11)(H,9,10). The van der Waals surface area contributed by atoms with Crippen LogP contribution in [0.2, 0.25) is 0 Å². The average Bonchev–Trinajstić information content (AvgIpc) is 2.03. The van der Waals surface area contributed by atoms with Crippen LogP contribution in [0.15, 0.2) is 0 Å². The molecule has 0 saturated carbocycles. The molecule has 12 heavy (non-hydrogen) atoms. The molecule has 0 aromatic heterocycles. The summed E-state index contributed by atoms with van der Waals surface area (Å²) in [5.74, 6) is -0.849. The molecule has 1 heterocycles. The number of thiocarbonyl (C=S) groups is 1. The fourth-order valence-electron chi connectivity index (χ4n) is 0.959. The number of carboxylic acids is 1. The Labute approximate surface area is 80.1 Å². The molecule has 2 atom stereocenters. The van der Waals surface area contributed by atoms with E-state index in [4.69, 9.17) is 17.3 Å². The quantitative estimate of drug-likeness (QED) is 0.553. The summed E-state index contributed by atoms with van der Waals surface area (Å²) in [5, 5.41) is 14.6. The summed E-state index contributed by atoms with van der Waals surface area (Å²) in [7, 11) is 0. The summed E-state index contributed by atoms with van der Waals surface area (Å²) in [4.78, 5) is 11.2. The lowest BCUT2D eigenvalue weighted by Gasteiger charge is -2.29. The molecular formula is C6H10N2O2S2.